The zero-order chi connectivity index (χ0) is 12.3. The van der Waals surface area contributed by atoms with E-state index in [0.717, 1.165) is 24.6 Å². The second-order valence-electron chi connectivity index (χ2n) is 5.63. The Hall–Kier alpha value is -0.760. The molecule has 94 valence electrons. The summed E-state index contributed by atoms with van der Waals surface area (Å²) < 4.78 is 0. The van der Waals surface area contributed by atoms with E-state index in [9.17, 15) is 0 Å². The van der Waals surface area contributed by atoms with Gasteiger partial charge in [-0.25, -0.2) is 4.98 Å². The van der Waals surface area contributed by atoms with E-state index in [4.69, 9.17) is 11.6 Å². The molecule has 1 fully saturated rings. The van der Waals surface area contributed by atoms with Gasteiger partial charge in [0.1, 0.15) is 5.82 Å². The van der Waals surface area contributed by atoms with Crippen molar-refractivity contribution in [1.29, 1.82) is 0 Å². The molecular formula is C14H21ClN2. The number of hydrogen-bond acceptors (Lipinski definition) is 2. The molecule has 0 saturated carbocycles. The highest BCUT2D eigenvalue weighted by Crippen LogP contribution is 2.31. The van der Waals surface area contributed by atoms with E-state index in [1.165, 1.54) is 19.3 Å². The predicted octanol–water partition coefficient (Wildman–Crippen LogP) is 3.84. The summed E-state index contributed by atoms with van der Waals surface area (Å²) in [4.78, 5) is 6.99. The Morgan fingerprint density at radius 3 is 2.88 bits per heavy atom. The van der Waals surface area contributed by atoms with Gasteiger partial charge in [0.15, 0.2) is 0 Å². The van der Waals surface area contributed by atoms with Gasteiger partial charge in [-0.2, -0.15) is 0 Å². The normalized spacial score (nSPS) is 20.1. The van der Waals surface area contributed by atoms with Gasteiger partial charge in [0.25, 0.3) is 0 Å². The molecule has 0 unspecified atom stereocenters. The van der Waals surface area contributed by atoms with Crippen molar-refractivity contribution in [2.45, 2.75) is 39.0 Å². The van der Waals surface area contributed by atoms with Crippen LogP contribution in [0.2, 0.25) is 0 Å². The highest BCUT2D eigenvalue weighted by Gasteiger charge is 2.23. The maximum absolute atomic E-state index is 5.83. The second kappa shape index (κ2) is 5.26. The minimum Gasteiger partial charge on any atom is -0.357 e. The van der Waals surface area contributed by atoms with Gasteiger partial charge in [0.05, 0.1) is 11.6 Å². The topological polar surface area (TPSA) is 16.1 Å². The number of halogens is 1. The predicted molar refractivity (Wildman–Crippen MR) is 73.6 cm³/mol. The van der Waals surface area contributed by atoms with Crippen LogP contribution in [0.4, 0.5) is 5.82 Å². The van der Waals surface area contributed by atoms with Gasteiger partial charge in [-0.15, -0.1) is 11.6 Å². The lowest BCUT2D eigenvalue weighted by atomic mass is 9.85. The molecule has 17 heavy (non-hydrogen) atoms. The van der Waals surface area contributed by atoms with Crippen LogP contribution in [0, 0.1) is 5.41 Å². The maximum Gasteiger partial charge on any atom is 0.128 e. The monoisotopic (exact) mass is 252 g/mol. The number of rotatable bonds is 2. The van der Waals surface area contributed by atoms with Crippen LogP contribution in [0.25, 0.3) is 0 Å². The van der Waals surface area contributed by atoms with Crippen LogP contribution in [0.15, 0.2) is 18.2 Å². The first-order chi connectivity index (χ1) is 8.11. The highest BCUT2D eigenvalue weighted by atomic mass is 35.5. The van der Waals surface area contributed by atoms with Gasteiger partial charge in [0.2, 0.25) is 0 Å². The molecular weight excluding hydrogens is 232 g/mol. The van der Waals surface area contributed by atoms with E-state index >= 15 is 0 Å². The fraction of sp³-hybridized carbons (Fsp3) is 0.643. The number of aromatic nitrogens is 1. The van der Waals surface area contributed by atoms with E-state index in [1.54, 1.807) is 0 Å². The number of alkyl halides is 1. The first kappa shape index (κ1) is 12.7. The molecule has 0 radical (unpaired) electrons. The Morgan fingerprint density at radius 2 is 2.12 bits per heavy atom. The fourth-order valence-electron chi connectivity index (χ4n) is 2.37. The molecule has 1 aromatic heterocycles. The Morgan fingerprint density at radius 1 is 1.29 bits per heavy atom. The smallest absolute Gasteiger partial charge is 0.128 e. The molecule has 3 heteroatoms. The van der Waals surface area contributed by atoms with Crippen LogP contribution < -0.4 is 4.90 Å². The molecule has 0 aromatic carbocycles. The lowest BCUT2D eigenvalue weighted by Crippen LogP contribution is -2.26. The Bertz CT molecular complexity index is 376. The van der Waals surface area contributed by atoms with E-state index < -0.39 is 0 Å². The largest absolute Gasteiger partial charge is 0.357 e. The van der Waals surface area contributed by atoms with Crippen molar-refractivity contribution in [1.82, 2.24) is 4.98 Å². The van der Waals surface area contributed by atoms with Crippen molar-refractivity contribution < 1.29 is 0 Å². The number of pyridine rings is 1. The summed E-state index contributed by atoms with van der Waals surface area (Å²) in [5.41, 5.74) is 1.44. The van der Waals surface area contributed by atoms with E-state index in [2.05, 4.69) is 35.9 Å². The molecule has 1 saturated heterocycles. The van der Waals surface area contributed by atoms with Gasteiger partial charge in [0, 0.05) is 13.1 Å². The molecule has 0 atom stereocenters. The zero-order valence-electron chi connectivity index (χ0n) is 10.7. The SMILES string of the molecule is CC1(C)CCCN(c2cccc(CCl)n2)CC1. The van der Waals surface area contributed by atoms with Crippen molar-refractivity contribution in [3.05, 3.63) is 23.9 Å². The first-order valence-electron chi connectivity index (χ1n) is 6.38. The summed E-state index contributed by atoms with van der Waals surface area (Å²) in [5, 5.41) is 0. The third-order valence-corrected chi connectivity index (χ3v) is 3.87. The van der Waals surface area contributed by atoms with Crippen LogP contribution in [0.3, 0.4) is 0 Å². The van der Waals surface area contributed by atoms with Crippen LogP contribution in [0.1, 0.15) is 38.8 Å². The highest BCUT2D eigenvalue weighted by molar-refractivity contribution is 6.16. The molecule has 1 aromatic rings. The van der Waals surface area contributed by atoms with Gasteiger partial charge in [-0.05, 0) is 36.8 Å². The quantitative estimate of drug-likeness (QED) is 0.744. The molecule has 0 spiro atoms. The molecule has 0 N–H and O–H groups in total. The third-order valence-electron chi connectivity index (χ3n) is 3.59. The summed E-state index contributed by atoms with van der Waals surface area (Å²) in [6, 6.07) is 6.13. The van der Waals surface area contributed by atoms with Gasteiger partial charge >= 0.3 is 0 Å². The van der Waals surface area contributed by atoms with Crippen LogP contribution in [0.5, 0.6) is 0 Å². The van der Waals surface area contributed by atoms with Gasteiger partial charge < -0.3 is 4.90 Å². The summed E-state index contributed by atoms with van der Waals surface area (Å²) >= 11 is 5.83. The average Bonchev–Trinajstić information content (AvgIpc) is 2.50. The molecule has 0 amide bonds. The van der Waals surface area contributed by atoms with E-state index in [-0.39, 0.29) is 0 Å². The number of hydrogen-bond donors (Lipinski definition) is 0. The minimum absolute atomic E-state index is 0.471. The fourth-order valence-corrected chi connectivity index (χ4v) is 2.52. The number of nitrogens with zero attached hydrogens (tertiary/aromatic N) is 2. The summed E-state index contributed by atoms with van der Waals surface area (Å²) in [5.74, 6) is 1.58. The second-order valence-corrected chi connectivity index (χ2v) is 5.89. The molecule has 0 bridgehead atoms. The number of anilines is 1. The maximum atomic E-state index is 5.83. The first-order valence-corrected chi connectivity index (χ1v) is 6.91. The molecule has 1 aliphatic heterocycles. The summed E-state index contributed by atoms with van der Waals surface area (Å²) in [7, 11) is 0. The Kier molecular flexibility index (Phi) is 3.93. The van der Waals surface area contributed by atoms with Crippen molar-refractivity contribution in [2.75, 3.05) is 18.0 Å². The van der Waals surface area contributed by atoms with Crippen molar-refractivity contribution in [3.63, 3.8) is 0 Å². The van der Waals surface area contributed by atoms with Crippen molar-refractivity contribution >= 4 is 17.4 Å². The van der Waals surface area contributed by atoms with Crippen LogP contribution in [-0.2, 0) is 5.88 Å². The average molecular weight is 253 g/mol. The Labute approximate surface area is 109 Å². The standard InChI is InChI=1S/C14H21ClN2/c1-14(2)7-4-9-17(10-8-14)13-6-3-5-12(11-15)16-13/h3,5-6H,4,7-11H2,1-2H3. The van der Waals surface area contributed by atoms with Gasteiger partial charge in [-0.3, -0.25) is 0 Å². The summed E-state index contributed by atoms with van der Waals surface area (Å²) in [6.45, 7) is 6.94. The molecule has 2 heterocycles. The lowest BCUT2D eigenvalue weighted by Gasteiger charge is -2.24. The Balaban J connectivity index is 2.11. The third kappa shape index (κ3) is 3.35. The molecule has 0 aliphatic carbocycles. The lowest BCUT2D eigenvalue weighted by molar-refractivity contribution is 0.325. The van der Waals surface area contributed by atoms with Crippen molar-refractivity contribution in [3.8, 4) is 0 Å². The van der Waals surface area contributed by atoms with E-state index in [0.29, 0.717) is 11.3 Å². The summed E-state index contributed by atoms with van der Waals surface area (Å²) in [6.07, 6.45) is 3.79. The molecule has 1 aliphatic rings. The zero-order valence-corrected chi connectivity index (χ0v) is 11.5. The van der Waals surface area contributed by atoms with Crippen LogP contribution >= 0.6 is 11.6 Å². The molecule has 2 nitrogen and oxygen atoms in total. The molecule has 2 rings (SSSR count). The van der Waals surface area contributed by atoms with E-state index in [1.807, 2.05) is 6.07 Å². The minimum atomic E-state index is 0.471. The van der Waals surface area contributed by atoms with Crippen molar-refractivity contribution in [2.24, 2.45) is 5.41 Å². The van der Waals surface area contributed by atoms with Crippen LogP contribution in [-0.4, -0.2) is 18.1 Å². The van der Waals surface area contributed by atoms with Gasteiger partial charge in [-0.1, -0.05) is 19.9 Å².